The van der Waals surface area contributed by atoms with Crippen LogP contribution in [0.4, 0.5) is 4.79 Å². The van der Waals surface area contributed by atoms with Crippen LogP contribution in [-0.4, -0.2) is 23.8 Å². The smallest absolute Gasteiger partial charge is 0.478 e. The Morgan fingerprint density at radius 1 is 1.33 bits per heavy atom. The van der Waals surface area contributed by atoms with Crippen molar-refractivity contribution >= 4 is 23.7 Å². The van der Waals surface area contributed by atoms with E-state index >= 15 is 0 Å². The Kier molecular flexibility index (Phi) is 6.49. The number of benzene rings is 1. The Labute approximate surface area is 128 Å². The molecule has 0 saturated heterocycles. The maximum atomic E-state index is 11.5. The van der Waals surface area contributed by atoms with Gasteiger partial charge in [-0.1, -0.05) is 31.9 Å². The molecular formula is C15H19ClO5. The molecule has 1 aromatic rings. The number of rotatable bonds is 6. The number of carbonyl (C=O) groups excluding carboxylic acids is 1. The van der Waals surface area contributed by atoms with Crippen molar-refractivity contribution in [3.8, 4) is 5.75 Å². The van der Waals surface area contributed by atoms with Crippen molar-refractivity contribution in [3.63, 3.8) is 0 Å². The van der Waals surface area contributed by atoms with Gasteiger partial charge in [0.2, 0.25) is 0 Å². The molecule has 0 saturated carbocycles. The first-order valence-electron chi connectivity index (χ1n) is 6.79. The van der Waals surface area contributed by atoms with Gasteiger partial charge in [0, 0.05) is 5.56 Å². The number of carboxylic acids is 1. The summed E-state index contributed by atoms with van der Waals surface area (Å²) in [6, 6.07) is 2.82. The predicted octanol–water partition coefficient (Wildman–Crippen LogP) is 4.16. The lowest BCUT2D eigenvalue weighted by Gasteiger charge is -2.16. The molecule has 0 aromatic heterocycles. The van der Waals surface area contributed by atoms with E-state index in [1.807, 2.05) is 13.8 Å². The van der Waals surface area contributed by atoms with E-state index in [0.29, 0.717) is 12.0 Å². The van der Waals surface area contributed by atoms with Gasteiger partial charge in [-0.2, -0.15) is 0 Å². The number of carboxylic acid groups (broad SMARTS) is 1. The summed E-state index contributed by atoms with van der Waals surface area (Å²) in [7, 11) is 0. The Morgan fingerprint density at radius 3 is 2.52 bits per heavy atom. The topological polar surface area (TPSA) is 72.8 Å². The van der Waals surface area contributed by atoms with Crippen molar-refractivity contribution in [2.45, 2.75) is 33.6 Å². The highest BCUT2D eigenvalue weighted by molar-refractivity contribution is 6.32. The number of hydrogen-bond acceptors (Lipinski definition) is 4. The van der Waals surface area contributed by atoms with Gasteiger partial charge in [-0.05, 0) is 31.4 Å². The van der Waals surface area contributed by atoms with Crippen LogP contribution in [0.1, 0.15) is 43.1 Å². The molecule has 0 aliphatic carbocycles. The Morgan fingerprint density at radius 2 is 2.00 bits per heavy atom. The number of halogens is 1. The molecule has 0 fully saturated rings. The fraction of sp³-hybridized carbons (Fsp3) is 0.467. The van der Waals surface area contributed by atoms with Crippen LogP contribution in [0, 0.1) is 5.92 Å². The molecule has 116 valence electrons. The van der Waals surface area contributed by atoms with Crippen LogP contribution in [0.25, 0.3) is 0 Å². The lowest BCUT2D eigenvalue weighted by atomic mass is 9.94. The summed E-state index contributed by atoms with van der Waals surface area (Å²) in [4.78, 5) is 22.9. The van der Waals surface area contributed by atoms with Gasteiger partial charge in [-0.15, -0.1) is 0 Å². The van der Waals surface area contributed by atoms with E-state index < -0.39 is 12.1 Å². The maximum absolute atomic E-state index is 11.5. The minimum Gasteiger partial charge on any atom is -0.478 e. The summed E-state index contributed by atoms with van der Waals surface area (Å²) in [5, 5.41) is 9.48. The van der Waals surface area contributed by atoms with E-state index in [2.05, 4.69) is 0 Å². The highest BCUT2D eigenvalue weighted by Crippen LogP contribution is 2.34. The first-order valence-corrected chi connectivity index (χ1v) is 7.17. The molecule has 5 nitrogen and oxygen atoms in total. The van der Waals surface area contributed by atoms with Crippen LogP contribution in [-0.2, 0) is 11.2 Å². The number of ether oxygens (including phenoxy) is 2. The van der Waals surface area contributed by atoms with Crippen molar-refractivity contribution in [3.05, 3.63) is 28.3 Å². The van der Waals surface area contributed by atoms with E-state index in [-0.39, 0.29) is 28.9 Å². The Bertz CT molecular complexity index is 527. The lowest BCUT2D eigenvalue weighted by molar-refractivity contribution is 0.0693. The molecule has 1 aromatic carbocycles. The highest BCUT2D eigenvalue weighted by atomic mass is 35.5. The van der Waals surface area contributed by atoms with Crippen LogP contribution in [0.15, 0.2) is 12.1 Å². The van der Waals surface area contributed by atoms with E-state index in [0.717, 1.165) is 6.42 Å². The Balaban J connectivity index is 3.27. The number of hydrogen-bond donors (Lipinski definition) is 1. The molecule has 21 heavy (non-hydrogen) atoms. The third kappa shape index (κ3) is 4.63. The summed E-state index contributed by atoms with van der Waals surface area (Å²) in [5.74, 6) is -0.792. The van der Waals surface area contributed by atoms with Gasteiger partial charge >= 0.3 is 12.1 Å². The molecule has 0 heterocycles. The Hall–Kier alpha value is -1.75. The van der Waals surface area contributed by atoms with Gasteiger partial charge in [0.1, 0.15) is 0 Å². The first kappa shape index (κ1) is 17.3. The second-order valence-corrected chi connectivity index (χ2v) is 5.12. The minimum absolute atomic E-state index is 0.0651. The molecule has 1 N–H and O–H groups in total. The van der Waals surface area contributed by atoms with Crippen LogP contribution < -0.4 is 4.74 Å². The molecule has 0 spiro atoms. The van der Waals surface area contributed by atoms with Gasteiger partial charge in [-0.3, -0.25) is 0 Å². The predicted molar refractivity (Wildman–Crippen MR) is 79.2 cm³/mol. The SMILES string of the molecule is CCOC(=O)Oc1c(Cl)ccc(C(=O)O)c1CC(C)CC. The zero-order chi connectivity index (χ0) is 16.0. The molecule has 1 rings (SSSR count). The summed E-state index contributed by atoms with van der Waals surface area (Å²) < 4.78 is 9.82. The molecule has 0 bridgehead atoms. The molecule has 0 aliphatic rings. The third-order valence-electron chi connectivity index (χ3n) is 3.14. The molecule has 6 heteroatoms. The van der Waals surface area contributed by atoms with Crippen LogP contribution >= 0.6 is 11.6 Å². The zero-order valence-electron chi connectivity index (χ0n) is 12.3. The van der Waals surface area contributed by atoms with Gasteiger partial charge in [0.05, 0.1) is 17.2 Å². The minimum atomic E-state index is -1.08. The summed E-state index contributed by atoms with van der Waals surface area (Å²) in [5.41, 5.74) is 0.497. The molecule has 1 unspecified atom stereocenters. The number of aromatic carboxylic acids is 1. The standard InChI is InChI=1S/C15H19ClO5/c1-4-9(3)8-11-10(14(17)18)6-7-12(16)13(11)21-15(19)20-5-2/h6-7,9H,4-5,8H2,1-3H3,(H,17,18). The van der Waals surface area contributed by atoms with Crippen molar-refractivity contribution in [1.29, 1.82) is 0 Å². The van der Waals surface area contributed by atoms with Crippen molar-refractivity contribution in [1.82, 2.24) is 0 Å². The quantitative estimate of drug-likeness (QED) is 0.630. The number of carbonyl (C=O) groups is 2. The van der Waals surface area contributed by atoms with E-state index in [1.54, 1.807) is 6.92 Å². The van der Waals surface area contributed by atoms with Crippen LogP contribution in [0.5, 0.6) is 5.75 Å². The normalized spacial score (nSPS) is 11.8. The largest absolute Gasteiger partial charge is 0.513 e. The van der Waals surface area contributed by atoms with Gasteiger partial charge in [0.25, 0.3) is 0 Å². The van der Waals surface area contributed by atoms with E-state index in [4.69, 9.17) is 21.1 Å². The molecule has 0 aliphatic heterocycles. The van der Waals surface area contributed by atoms with Crippen molar-refractivity contribution in [2.24, 2.45) is 5.92 Å². The summed E-state index contributed by atoms with van der Waals surface area (Å²) >= 11 is 6.05. The fourth-order valence-electron chi connectivity index (χ4n) is 1.84. The van der Waals surface area contributed by atoms with Crippen molar-refractivity contribution in [2.75, 3.05) is 6.61 Å². The van der Waals surface area contributed by atoms with Gasteiger partial charge in [0.15, 0.2) is 5.75 Å². The van der Waals surface area contributed by atoms with Crippen molar-refractivity contribution < 1.29 is 24.2 Å². The molecule has 0 amide bonds. The fourth-order valence-corrected chi connectivity index (χ4v) is 2.05. The lowest BCUT2D eigenvalue weighted by Crippen LogP contribution is -2.15. The maximum Gasteiger partial charge on any atom is 0.513 e. The third-order valence-corrected chi connectivity index (χ3v) is 3.44. The van der Waals surface area contributed by atoms with E-state index in [9.17, 15) is 14.7 Å². The summed E-state index contributed by atoms with van der Waals surface area (Å²) in [6.07, 6.45) is 0.421. The van der Waals surface area contributed by atoms with Crippen LogP contribution in [0.3, 0.4) is 0 Å². The average molecular weight is 315 g/mol. The molecule has 0 radical (unpaired) electrons. The molecule has 1 atom stereocenters. The highest BCUT2D eigenvalue weighted by Gasteiger charge is 2.22. The van der Waals surface area contributed by atoms with E-state index in [1.165, 1.54) is 12.1 Å². The van der Waals surface area contributed by atoms with Gasteiger partial charge in [-0.25, -0.2) is 9.59 Å². The second-order valence-electron chi connectivity index (χ2n) is 4.71. The van der Waals surface area contributed by atoms with Crippen LogP contribution in [0.2, 0.25) is 5.02 Å². The summed E-state index contributed by atoms with van der Waals surface area (Å²) in [6.45, 7) is 5.80. The second kappa shape index (κ2) is 7.88. The zero-order valence-corrected chi connectivity index (χ0v) is 13.1. The molecular weight excluding hydrogens is 296 g/mol. The monoisotopic (exact) mass is 314 g/mol. The average Bonchev–Trinajstić information content (AvgIpc) is 2.42. The van der Waals surface area contributed by atoms with Gasteiger partial charge < -0.3 is 14.6 Å². The first-order chi connectivity index (χ1) is 9.90.